The fraction of sp³-hybridized carbons (Fsp3) is 0.375. The van der Waals surface area contributed by atoms with Crippen LogP contribution < -0.4 is 41.1 Å². The molecule has 0 bridgehead atoms. The highest BCUT2D eigenvalue weighted by Crippen LogP contribution is 2.39. The number of nitrogens with zero attached hydrogens (tertiary/aromatic N) is 6. The molecule has 3 amide bonds. The minimum atomic E-state index is -5.08. The summed E-state index contributed by atoms with van der Waals surface area (Å²) < 4.78 is 52.8. The summed E-state index contributed by atoms with van der Waals surface area (Å²) in [5, 5.41) is 31.2. The Bertz CT molecular complexity index is 4020. The Kier molecular flexibility index (Phi) is 23.6. The number of amides is 3. The zero-order valence-electron chi connectivity index (χ0n) is 50.7. The third-order valence-electron chi connectivity index (χ3n) is 16.0. The van der Waals surface area contributed by atoms with E-state index in [0.29, 0.717) is 96.5 Å². The number of aromatic nitrogens is 4. The third-order valence-corrected chi connectivity index (χ3v) is 16.9. The first-order valence-electron chi connectivity index (χ1n) is 29.3. The number of halogens is 6. The number of nitrogens with two attached hydrogens (primary N) is 1. The lowest BCUT2D eigenvalue weighted by atomic mass is 10.00. The number of piperidine rings is 2. The van der Waals surface area contributed by atoms with Crippen LogP contribution in [-0.2, 0) is 17.8 Å². The molecule has 0 unspecified atom stereocenters. The van der Waals surface area contributed by atoms with Crippen molar-refractivity contribution in [3.63, 3.8) is 0 Å². The van der Waals surface area contributed by atoms with Crippen LogP contribution in [-0.4, -0.2) is 196 Å². The lowest BCUT2D eigenvalue weighted by molar-refractivity contribution is -0.192. The number of aliphatic carboxylic acids is 1. The van der Waals surface area contributed by atoms with E-state index < -0.39 is 24.4 Å². The van der Waals surface area contributed by atoms with Gasteiger partial charge in [-0.2, -0.15) is 13.2 Å². The number of ether oxygens (including phenoxy) is 4. The summed E-state index contributed by atoms with van der Waals surface area (Å²) >= 11 is 18.3. The average molecular weight is 1370 g/mol. The highest BCUT2D eigenvalue weighted by atomic mass is 35.5. The molecule has 0 aliphatic carbocycles. The SMILES string of the molecule is C.CN1CCC(N2C(=O)c3cc4nc(-c5c(Cl)cc[nH]c5=O)[nH]c4cc3C2=O)CC1.COc1ccc(OC[C@H](O)CN)c(Cl)c1.COc1ccc(OC[C@H](O)CNc2cc[nH]c(=O)c2C2=Nc3cc4c(cc3C2)CN(C2CCN(C)CC2)C4=O)c(Cl)c1.O=C(O)C(F)(F)F. The Labute approximate surface area is 552 Å². The van der Waals surface area contributed by atoms with Crippen LogP contribution in [0.4, 0.5) is 24.5 Å². The summed E-state index contributed by atoms with van der Waals surface area (Å²) in [5.74, 6) is -0.731. The number of rotatable bonds is 16. The average Bonchev–Trinajstić information content (AvgIpc) is 1.60. The van der Waals surface area contributed by atoms with Crippen LogP contribution in [0, 0.1) is 0 Å². The number of aliphatic hydroxyl groups is 2. The number of imidazole rings is 1. The van der Waals surface area contributed by atoms with Crippen molar-refractivity contribution in [2.45, 2.75) is 76.5 Å². The molecule has 2 saturated heterocycles. The molecule has 94 heavy (non-hydrogen) atoms. The summed E-state index contributed by atoms with van der Waals surface area (Å²) in [7, 11) is 7.27. The molecule has 2 fully saturated rings. The standard InChI is InChI=1S/C31H34ClN5O5.C20H18ClN5O3.C10H14ClNO3.C2HF3O2.CH4/c1-36-9-6-20(7-10-36)37-16-19-11-18-12-27(35-26(18)14-23(19)31(37)40)29-25(5-8-33-30(29)39)34-15-21(38)17-42-28-4-3-22(41-2)13-24(28)32;1-25-6-3-10(4-7-25)26-19(28)11-8-14-15(9-12(11)20(26)29)24-17(23-14)16-13(21)2-5-22-18(16)27;1-14-8-2-3-10(9(11)4-8)15-6-7(13)5-12;3-2(4,5)1(6)7;/h3-5,8,11,13-14,20-21,38H,6-7,9-10,12,15-17H2,1-2H3,(H2,33,34,39);2,5,8-10H,3-4,6-7H2,1H3,(H,22,27)(H,23,24);2-4,7,13H,5-6,12H2,1H3;(H,6,7);1H4/t21-;;7-;;/m1.1../s1. The van der Waals surface area contributed by atoms with Crippen molar-refractivity contribution in [3.8, 4) is 34.4 Å². The normalized spacial score (nSPS) is 16.2. The summed E-state index contributed by atoms with van der Waals surface area (Å²) in [4.78, 5) is 98.8. The number of carboxylic acid groups (broad SMARTS) is 1. The van der Waals surface area contributed by atoms with E-state index in [1.165, 1.54) is 11.1 Å². The summed E-state index contributed by atoms with van der Waals surface area (Å²) in [6.07, 6.45) is 0.385. The zero-order valence-corrected chi connectivity index (χ0v) is 53.0. The first-order valence-corrected chi connectivity index (χ1v) is 30.4. The smallest absolute Gasteiger partial charge is 0.490 e. The van der Waals surface area contributed by atoms with Gasteiger partial charge in [0.25, 0.3) is 28.8 Å². The molecule has 0 radical (unpaired) electrons. The number of pyridine rings is 2. The number of anilines is 1. The first kappa shape index (κ1) is 71.3. The molecular formula is C64H71Cl3F3N11O13. The second kappa shape index (κ2) is 31.1. The number of benzene rings is 4. The van der Waals surface area contributed by atoms with Crippen LogP contribution in [0.25, 0.3) is 22.4 Å². The minimum Gasteiger partial charge on any atom is -0.497 e. The van der Waals surface area contributed by atoms with E-state index in [1.54, 1.807) is 81.1 Å². The second-order valence-electron chi connectivity index (χ2n) is 22.4. The van der Waals surface area contributed by atoms with Crippen LogP contribution in [0.3, 0.4) is 0 Å². The molecule has 7 aromatic rings. The number of aliphatic hydroxyl groups excluding tert-OH is 2. The van der Waals surface area contributed by atoms with E-state index in [4.69, 9.17) is 74.4 Å². The van der Waals surface area contributed by atoms with Crippen molar-refractivity contribution in [3.05, 3.63) is 154 Å². The molecule has 502 valence electrons. The third kappa shape index (κ3) is 16.7. The minimum absolute atomic E-state index is 0. The Morgan fingerprint density at radius 1 is 0.713 bits per heavy atom. The van der Waals surface area contributed by atoms with Gasteiger partial charge < -0.3 is 75.0 Å². The number of hydrogen-bond donors (Lipinski definition) is 8. The molecule has 2 atom stereocenters. The Hall–Kier alpha value is -8.54. The van der Waals surface area contributed by atoms with E-state index in [9.17, 15) is 47.4 Å². The van der Waals surface area contributed by atoms with E-state index in [1.807, 2.05) is 18.0 Å². The number of aliphatic imine (C=N–C) groups is 1. The number of H-pyrrole nitrogens is 3. The maximum atomic E-state index is 13.3. The van der Waals surface area contributed by atoms with Crippen LogP contribution >= 0.6 is 34.8 Å². The van der Waals surface area contributed by atoms with Crippen LogP contribution in [0.15, 0.2) is 99.8 Å². The maximum absolute atomic E-state index is 13.3. The monoisotopic (exact) mass is 1360 g/mol. The molecule has 5 aliphatic rings. The number of carboxylic acids is 1. The number of likely N-dealkylation sites (tertiary alicyclic amines) is 2. The molecule has 0 saturated carbocycles. The van der Waals surface area contributed by atoms with Gasteiger partial charge in [-0.25, -0.2) is 9.78 Å². The molecule has 9 N–H and O–H groups in total. The lowest BCUT2D eigenvalue weighted by Crippen LogP contribution is -2.46. The number of alkyl halides is 3. The molecule has 4 aromatic carbocycles. The predicted molar refractivity (Wildman–Crippen MR) is 349 cm³/mol. The molecule has 0 spiro atoms. The highest BCUT2D eigenvalue weighted by molar-refractivity contribution is 6.33. The number of methoxy groups -OCH3 is 2. The van der Waals surface area contributed by atoms with Crippen molar-refractivity contribution >= 4 is 86.6 Å². The quantitative estimate of drug-likeness (QED) is 0.0423. The fourth-order valence-electron chi connectivity index (χ4n) is 11.0. The largest absolute Gasteiger partial charge is 0.497 e. The van der Waals surface area contributed by atoms with Crippen molar-refractivity contribution < 1.29 is 66.6 Å². The second-order valence-corrected chi connectivity index (χ2v) is 23.6. The Morgan fingerprint density at radius 2 is 1.26 bits per heavy atom. The number of imide groups is 1. The van der Waals surface area contributed by atoms with Crippen molar-refractivity contribution in [2.24, 2.45) is 10.7 Å². The van der Waals surface area contributed by atoms with Crippen molar-refractivity contribution in [1.82, 2.24) is 39.5 Å². The van der Waals surface area contributed by atoms with Crippen LogP contribution in [0.2, 0.25) is 15.1 Å². The topological polar surface area (TPSA) is 324 Å². The molecule has 12 rings (SSSR count). The molecule has 24 nitrogen and oxygen atoms in total. The number of nitrogens with one attached hydrogen (secondary N) is 4. The summed E-state index contributed by atoms with van der Waals surface area (Å²) in [6.45, 7) is 4.75. The van der Waals surface area contributed by atoms with Crippen LogP contribution in [0.1, 0.15) is 80.9 Å². The van der Waals surface area contributed by atoms with Crippen molar-refractivity contribution in [1.29, 1.82) is 0 Å². The number of hydrogen-bond acceptors (Lipinski definition) is 18. The van der Waals surface area contributed by atoms with Crippen molar-refractivity contribution in [2.75, 3.05) is 86.1 Å². The summed E-state index contributed by atoms with van der Waals surface area (Å²) in [5.41, 5.74) is 11.7. The highest BCUT2D eigenvalue weighted by Gasteiger charge is 2.42. The van der Waals surface area contributed by atoms with Gasteiger partial charge in [0.15, 0.2) is 0 Å². The van der Waals surface area contributed by atoms with E-state index in [2.05, 4.69) is 48.2 Å². The zero-order chi connectivity index (χ0) is 67.0. The fourth-order valence-corrected chi connectivity index (χ4v) is 11.7. The van der Waals surface area contributed by atoms with E-state index in [-0.39, 0.29) is 85.2 Å². The van der Waals surface area contributed by atoms with Gasteiger partial charge in [0.2, 0.25) is 0 Å². The van der Waals surface area contributed by atoms with Gasteiger partial charge in [0, 0.05) is 68.2 Å². The Morgan fingerprint density at radius 3 is 1.80 bits per heavy atom. The van der Waals surface area contributed by atoms with E-state index in [0.717, 1.165) is 68.7 Å². The molecule has 30 heteroatoms. The molecule has 8 heterocycles. The Balaban J connectivity index is 0.000000187. The first-order chi connectivity index (χ1) is 44.3. The maximum Gasteiger partial charge on any atom is 0.490 e. The number of carbonyl (C=O) groups excluding carboxylic acids is 3. The van der Waals surface area contributed by atoms with Gasteiger partial charge in [-0.15, -0.1) is 0 Å². The molecule has 3 aromatic heterocycles. The number of aromatic amines is 3. The van der Waals surface area contributed by atoms with Gasteiger partial charge in [0.05, 0.1) is 74.1 Å². The van der Waals surface area contributed by atoms with Gasteiger partial charge in [-0.3, -0.25) is 33.9 Å². The van der Waals surface area contributed by atoms with Gasteiger partial charge in [0.1, 0.15) is 59.8 Å². The van der Waals surface area contributed by atoms with Gasteiger partial charge in [-0.05, 0) is 132 Å². The van der Waals surface area contributed by atoms with Gasteiger partial charge >= 0.3 is 12.1 Å². The predicted octanol–water partition coefficient (Wildman–Crippen LogP) is 8.19. The molecule has 5 aliphatic heterocycles. The summed E-state index contributed by atoms with van der Waals surface area (Å²) in [6, 6.07) is 20.8. The van der Waals surface area contributed by atoms with E-state index >= 15 is 0 Å². The van der Waals surface area contributed by atoms with Gasteiger partial charge in [-0.1, -0.05) is 48.3 Å². The molecular weight excluding hydrogens is 1290 g/mol. The van der Waals surface area contributed by atoms with Crippen LogP contribution in [0.5, 0.6) is 23.0 Å². The lowest BCUT2D eigenvalue weighted by Gasteiger charge is -2.34. The number of carbonyl (C=O) groups is 4. The number of fused-ring (bicyclic) bond motifs is 4.